The quantitative estimate of drug-likeness (QED) is 0.314. The summed E-state index contributed by atoms with van der Waals surface area (Å²) >= 11 is 0. The van der Waals surface area contributed by atoms with Crippen molar-refractivity contribution < 1.29 is 13.9 Å². The molecule has 4 heterocycles. The Hall–Kier alpha value is -4.63. The van der Waals surface area contributed by atoms with Crippen molar-refractivity contribution >= 4 is 22.5 Å². The second kappa shape index (κ2) is 9.79. The number of pyridine rings is 2. The van der Waals surface area contributed by atoms with Crippen molar-refractivity contribution in [2.45, 2.75) is 13.0 Å². The molecular weight excluding hydrogens is 471 g/mol. The minimum absolute atomic E-state index is 0.0758. The van der Waals surface area contributed by atoms with E-state index >= 15 is 0 Å². The van der Waals surface area contributed by atoms with Gasteiger partial charge in [0.1, 0.15) is 0 Å². The summed E-state index contributed by atoms with van der Waals surface area (Å²) < 4.78 is 19.3. The van der Waals surface area contributed by atoms with E-state index in [4.69, 9.17) is 4.74 Å². The standard InChI is InChI=1S/C28H23FN6O2/c29-23-4-1-2-5-25(23)37-26-9-7-21(16-31-26)32-28(36)27-22-13-19(6-8-24(22)33-34-27)20-12-18(14-30-15-20)17-35-10-3-11-35/h1-2,4-9,12-16H,3,10-11,17H2,(H,32,36)(H,33,34). The number of carbonyl (C=O) groups is 1. The molecule has 0 radical (unpaired) electrons. The Morgan fingerprint density at radius 1 is 1.03 bits per heavy atom. The molecule has 6 rings (SSSR count). The van der Waals surface area contributed by atoms with Crippen LogP contribution in [0, 0.1) is 5.82 Å². The SMILES string of the molecule is O=C(Nc1ccc(Oc2ccccc2F)nc1)c1n[nH]c2ccc(-c3cncc(CN4CCC4)c3)cc12. The molecule has 0 atom stereocenters. The minimum Gasteiger partial charge on any atom is -0.436 e. The highest BCUT2D eigenvalue weighted by atomic mass is 19.1. The Morgan fingerprint density at radius 3 is 2.70 bits per heavy atom. The van der Waals surface area contributed by atoms with E-state index in [0.29, 0.717) is 11.1 Å². The Bertz CT molecular complexity index is 1580. The van der Waals surface area contributed by atoms with Crippen molar-refractivity contribution in [2.24, 2.45) is 0 Å². The number of anilines is 1. The summed E-state index contributed by atoms with van der Waals surface area (Å²) in [5, 5.41) is 10.7. The van der Waals surface area contributed by atoms with Crippen LogP contribution in [0.1, 0.15) is 22.5 Å². The molecule has 1 fully saturated rings. The van der Waals surface area contributed by atoms with Crippen molar-refractivity contribution in [3.63, 3.8) is 0 Å². The number of likely N-dealkylation sites (tertiary alicyclic amines) is 1. The van der Waals surface area contributed by atoms with Gasteiger partial charge in [-0.3, -0.25) is 19.8 Å². The topological polar surface area (TPSA) is 96.0 Å². The lowest BCUT2D eigenvalue weighted by molar-refractivity contribution is 0.102. The second-order valence-electron chi connectivity index (χ2n) is 8.92. The number of fused-ring (bicyclic) bond motifs is 1. The van der Waals surface area contributed by atoms with Crippen molar-refractivity contribution in [2.75, 3.05) is 18.4 Å². The number of rotatable bonds is 7. The largest absolute Gasteiger partial charge is 0.436 e. The maximum atomic E-state index is 13.8. The van der Waals surface area contributed by atoms with E-state index in [2.05, 4.69) is 36.4 Å². The van der Waals surface area contributed by atoms with E-state index in [9.17, 15) is 9.18 Å². The first-order valence-electron chi connectivity index (χ1n) is 12.0. The fourth-order valence-electron chi connectivity index (χ4n) is 4.24. The number of aromatic amines is 1. The predicted octanol–water partition coefficient (Wildman–Crippen LogP) is 5.41. The van der Waals surface area contributed by atoms with Crippen LogP contribution in [0.4, 0.5) is 10.1 Å². The molecule has 0 unspecified atom stereocenters. The number of aromatic nitrogens is 4. The van der Waals surface area contributed by atoms with E-state index < -0.39 is 5.82 Å². The summed E-state index contributed by atoms with van der Waals surface area (Å²) in [4.78, 5) is 24.0. The number of benzene rings is 2. The zero-order valence-electron chi connectivity index (χ0n) is 19.8. The molecule has 8 nitrogen and oxygen atoms in total. The van der Waals surface area contributed by atoms with E-state index in [0.717, 1.165) is 41.8 Å². The van der Waals surface area contributed by atoms with Crippen LogP contribution < -0.4 is 10.1 Å². The first kappa shape index (κ1) is 22.8. The van der Waals surface area contributed by atoms with Gasteiger partial charge in [-0.05, 0) is 67.0 Å². The average Bonchev–Trinajstić information content (AvgIpc) is 3.32. The third kappa shape index (κ3) is 4.89. The molecule has 2 aromatic carbocycles. The summed E-state index contributed by atoms with van der Waals surface area (Å²) in [5.41, 5.74) is 4.59. The number of nitrogens with zero attached hydrogens (tertiary/aromatic N) is 4. The Labute approximate surface area is 212 Å². The minimum atomic E-state index is -0.481. The average molecular weight is 495 g/mol. The van der Waals surface area contributed by atoms with Crippen LogP contribution in [-0.4, -0.2) is 44.1 Å². The van der Waals surface area contributed by atoms with Crippen LogP contribution in [0.5, 0.6) is 11.6 Å². The number of halogens is 1. The van der Waals surface area contributed by atoms with E-state index in [1.165, 1.54) is 24.8 Å². The highest BCUT2D eigenvalue weighted by Crippen LogP contribution is 2.27. The van der Waals surface area contributed by atoms with Gasteiger partial charge in [-0.2, -0.15) is 5.10 Å². The smallest absolute Gasteiger partial charge is 0.276 e. The maximum absolute atomic E-state index is 13.8. The summed E-state index contributed by atoms with van der Waals surface area (Å²) in [6.45, 7) is 3.14. The van der Waals surface area contributed by atoms with Gasteiger partial charge in [-0.15, -0.1) is 0 Å². The first-order chi connectivity index (χ1) is 18.1. The van der Waals surface area contributed by atoms with Crippen LogP contribution in [0.3, 0.4) is 0 Å². The van der Waals surface area contributed by atoms with Gasteiger partial charge >= 0.3 is 0 Å². The fourth-order valence-corrected chi connectivity index (χ4v) is 4.24. The third-order valence-corrected chi connectivity index (χ3v) is 6.31. The van der Waals surface area contributed by atoms with Gasteiger partial charge in [-0.25, -0.2) is 9.37 Å². The molecule has 0 spiro atoms. The third-order valence-electron chi connectivity index (χ3n) is 6.31. The summed E-state index contributed by atoms with van der Waals surface area (Å²) in [6.07, 6.45) is 6.43. The first-order valence-corrected chi connectivity index (χ1v) is 12.0. The Kier molecular flexibility index (Phi) is 6.03. The molecule has 0 aliphatic carbocycles. The maximum Gasteiger partial charge on any atom is 0.276 e. The van der Waals surface area contributed by atoms with Gasteiger partial charge in [-0.1, -0.05) is 18.2 Å². The molecule has 5 aromatic rings. The molecule has 37 heavy (non-hydrogen) atoms. The zero-order chi connectivity index (χ0) is 25.2. The number of hydrogen-bond acceptors (Lipinski definition) is 6. The summed E-state index contributed by atoms with van der Waals surface area (Å²) in [5.74, 6) is -0.572. The lowest BCUT2D eigenvalue weighted by Gasteiger charge is -2.30. The van der Waals surface area contributed by atoms with Crippen LogP contribution in [0.25, 0.3) is 22.0 Å². The number of hydrogen-bond donors (Lipinski definition) is 2. The molecule has 0 bridgehead atoms. The number of H-pyrrole nitrogens is 1. The van der Waals surface area contributed by atoms with E-state index in [1.54, 1.807) is 24.3 Å². The molecule has 1 aliphatic rings. The lowest BCUT2D eigenvalue weighted by Crippen LogP contribution is -2.36. The van der Waals surface area contributed by atoms with Crippen molar-refractivity contribution in [1.82, 2.24) is 25.1 Å². The van der Waals surface area contributed by atoms with Gasteiger partial charge < -0.3 is 10.1 Å². The molecule has 2 N–H and O–H groups in total. The van der Waals surface area contributed by atoms with Crippen molar-refractivity contribution in [3.05, 3.63) is 96.3 Å². The fraction of sp³-hybridized carbons (Fsp3) is 0.143. The highest BCUT2D eigenvalue weighted by molar-refractivity contribution is 6.11. The molecule has 1 amide bonds. The van der Waals surface area contributed by atoms with E-state index in [1.807, 2.05) is 30.6 Å². The number of ether oxygens (including phenoxy) is 1. The lowest BCUT2D eigenvalue weighted by atomic mass is 10.0. The predicted molar refractivity (Wildman–Crippen MR) is 138 cm³/mol. The second-order valence-corrected chi connectivity index (χ2v) is 8.92. The number of nitrogens with one attached hydrogen (secondary N) is 2. The highest BCUT2D eigenvalue weighted by Gasteiger charge is 2.17. The van der Waals surface area contributed by atoms with Crippen LogP contribution in [0.15, 0.2) is 79.3 Å². The normalized spacial score (nSPS) is 13.3. The van der Waals surface area contributed by atoms with Crippen LogP contribution in [-0.2, 0) is 6.54 Å². The van der Waals surface area contributed by atoms with E-state index in [-0.39, 0.29) is 23.2 Å². The van der Waals surface area contributed by atoms with Gasteiger partial charge in [0.25, 0.3) is 5.91 Å². The Balaban J connectivity index is 1.19. The van der Waals surface area contributed by atoms with Gasteiger partial charge in [0.2, 0.25) is 5.88 Å². The molecule has 9 heteroatoms. The molecule has 0 saturated carbocycles. The Morgan fingerprint density at radius 2 is 1.92 bits per heavy atom. The number of carbonyl (C=O) groups excluding carboxylic acids is 1. The summed E-state index contributed by atoms with van der Waals surface area (Å²) in [6, 6.07) is 17.3. The van der Waals surface area contributed by atoms with Crippen LogP contribution >= 0.6 is 0 Å². The van der Waals surface area contributed by atoms with Gasteiger partial charge in [0.05, 0.1) is 17.4 Å². The number of para-hydroxylation sites is 1. The molecule has 184 valence electrons. The van der Waals surface area contributed by atoms with Gasteiger partial charge in [0, 0.05) is 36.0 Å². The van der Waals surface area contributed by atoms with Crippen molar-refractivity contribution in [1.29, 1.82) is 0 Å². The molecule has 1 saturated heterocycles. The summed E-state index contributed by atoms with van der Waals surface area (Å²) in [7, 11) is 0. The monoisotopic (exact) mass is 494 g/mol. The zero-order valence-corrected chi connectivity index (χ0v) is 19.8. The molecule has 1 aliphatic heterocycles. The van der Waals surface area contributed by atoms with Crippen LogP contribution in [0.2, 0.25) is 0 Å². The number of amides is 1. The van der Waals surface area contributed by atoms with Crippen molar-refractivity contribution in [3.8, 4) is 22.8 Å². The molecular formula is C28H23FN6O2. The van der Waals surface area contributed by atoms with Gasteiger partial charge in [0.15, 0.2) is 17.3 Å². The molecule has 3 aromatic heterocycles.